The fraction of sp³-hybridized carbons (Fsp3) is 0.409. The molecule has 0 saturated carbocycles. The van der Waals surface area contributed by atoms with Crippen molar-refractivity contribution in [2.75, 3.05) is 6.54 Å². The van der Waals surface area contributed by atoms with E-state index in [4.69, 9.17) is 9.68 Å². The summed E-state index contributed by atoms with van der Waals surface area (Å²) in [5.74, 6) is -0.975. The van der Waals surface area contributed by atoms with E-state index < -0.39 is 18.6 Å². The molecule has 0 atom stereocenters. The Kier molecular flexibility index (Phi) is 5.50. The van der Waals surface area contributed by atoms with Gasteiger partial charge in [0.2, 0.25) is 0 Å². The molecular weight excluding hydrogens is 397 g/mol. The van der Waals surface area contributed by atoms with Crippen LogP contribution in [0, 0.1) is 23.7 Å². The number of nitriles is 1. The number of carbonyl (C=O) groups is 2. The van der Waals surface area contributed by atoms with Crippen LogP contribution in [0.2, 0.25) is 0 Å². The molecule has 0 saturated heterocycles. The zero-order chi connectivity index (χ0) is 22.3. The Morgan fingerprint density at radius 3 is 2.43 bits per heavy atom. The Labute approximate surface area is 172 Å². The van der Waals surface area contributed by atoms with Crippen molar-refractivity contribution in [2.45, 2.75) is 46.3 Å². The number of halogens is 3. The van der Waals surface area contributed by atoms with Crippen molar-refractivity contribution < 1.29 is 27.2 Å². The van der Waals surface area contributed by atoms with Gasteiger partial charge in [-0.25, -0.2) is 0 Å². The smallest absolute Gasteiger partial charge is 0.406 e. The van der Waals surface area contributed by atoms with Gasteiger partial charge in [-0.1, -0.05) is 26.0 Å². The first-order valence-corrected chi connectivity index (χ1v) is 9.41. The minimum atomic E-state index is -4.61. The number of fused-ring (bicyclic) bond motifs is 1. The molecule has 0 unspecified atom stereocenters. The van der Waals surface area contributed by atoms with Gasteiger partial charge in [0.15, 0.2) is 11.5 Å². The fourth-order valence-electron chi connectivity index (χ4n) is 3.75. The molecule has 1 aromatic carbocycles. The number of benzene rings is 1. The van der Waals surface area contributed by atoms with Crippen molar-refractivity contribution in [3.8, 4) is 6.07 Å². The van der Waals surface area contributed by atoms with E-state index in [1.165, 1.54) is 31.2 Å². The molecule has 0 fully saturated rings. The average Bonchev–Trinajstić information content (AvgIpc) is 2.95. The van der Waals surface area contributed by atoms with Gasteiger partial charge in [-0.05, 0) is 30.0 Å². The van der Waals surface area contributed by atoms with E-state index >= 15 is 0 Å². The topological polar surface area (TPSA) is 74.3 Å². The summed E-state index contributed by atoms with van der Waals surface area (Å²) >= 11 is 0. The SMILES string of the molecule is Cc1c(C(=O)N(Cc2ccc(C#N)cc2)CC(F)(F)F)oc2c1C(=O)CC(C)(C)C2. The van der Waals surface area contributed by atoms with Gasteiger partial charge in [0.1, 0.15) is 12.3 Å². The minimum absolute atomic E-state index is 0.170. The lowest BCUT2D eigenvalue weighted by molar-refractivity contribution is -0.141. The molecule has 0 N–H and O–H groups in total. The summed E-state index contributed by atoms with van der Waals surface area (Å²) < 4.78 is 45.2. The quantitative estimate of drug-likeness (QED) is 0.714. The van der Waals surface area contributed by atoms with Gasteiger partial charge in [-0.2, -0.15) is 18.4 Å². The lowest BCUT2D eigenvalue weighted by atomic mass is 9.76. The first-order chi connectivity index (χ1) is 13.9. The van der Waals surface area contributed by atoms with E-state index in [9.17, 15) is 22.8 Å². The molecule has 30 heavy (non-hydrogen) atoms. The predicted molar refractivity (Wildman–Crippen MR) is 102 cm³/mol. The highest BCUT2D eigenvalue weighted by Crippen LogP contribution is 2.38. The number of rotatable bonds is 4. The molecule has 1 aliphatic carbocycles. The highest BCUT2D eigenvalue weighted by atomic mass is 19.4. The predicted octanol–water partition coefficient (Wildman–Crippen LogP) is 4.82. The Bertz CT molecular complexity index is 1030. The first-order valence-electron chi connectivity index (χ1n) is 9.41. The van der Waals surface area contributed by atoms with Gasteiger partial charge in [0.25, 0.3) is 5.91 Å². The van der Waals surface area contributed by atoms with E-state index in [0.29, 0.717) is 33.8 Å². The summed E-state index contributed by atoms with van der Waals surface area (Å²) in [5, 5.41) is 8.87. The third-order valence-corrected chi connectivity index (χ3v) is 5.08. The number of furan rings is 1. The fourth-order valence-corrected chi connectivity index (χ4v) is 3.75. The average molecular weight is 418 g/mol. The number of ketones is 1. The Balaban J connectivity index is 1.95. The number of Topliss-reactive ketones (excluding diaryl/α,β-unsaturated/α-hetero) is 1. The second-order valence-electron chi connectivity index (χ2n) is 8.38. The third kappa shape index (κ3) is 4.56. The molecule has 2 aromatic rings. The molecule has 8 heteroatoms. The Hall–Kier alpha value is -3.08. The molecule has 5 nitrogen and oxygen atoms in total. The van der Waals surface area contributed by atoms with Crippen LogP contribution in [0.3, 0.4) is 0 Å². The second kappa shape index (κ2) is 7.63. The normalized spacial score (nSPS) is 15.4. The van der Waals surface area contributed by atoms with E-state index in [1.807, 2.05) is 19.9 Å². The first kappa shape index (κ1) is 21.6. The summed E-state index contributed by atoms with van der Waals surface area (Å²) in [6.07, 6.45) is -3.90. The van der Waals surface area contributed by atoms with E-state index in [-0.39, 0.29) is 35.5 Å². The van der Waals surface area contributed by atoms with E-state index in [0.717, 1.165) is 0 Å². The van der Waals surface area contributed by atoms with Crippen molar-refractivity contribution in [3.05, 3.63) is 58.0 Å². The number of nitrogens with zero attached hydrogens (tertiary/aromatic N) is 2. The third-order valence-electron chi connectivity index (χ3n) is 5.08. The maximum Gasteiger partial charge on any atom is 0.406 e. The van der Waals surface area contributed by atoms with Gasteiger partial charge < -0.3 is 9.32 Å². The van der Waals surface area contributed by atoms with Crippen LogP contribution < -0.4 is 0 Å². The van der Waals surface area contributed by atoms with Gasteiger partial charge in [-0.3, -0.25) is 9.59 Å². The van der Waals surface area contributed by atoms with E-state index in [1.54, 1.807) is 0 Å². The van der Waals surface area contributed by atoms with Gasteiger partial charge >= 0.3 is 6.18 Å². The minimum Gasteiger partial charge on any atom is -0.455 e. The summed E-state index contributed by atoms with van der Waals surface area (Å²) in [7, 11) is 0. The maximum atomic E-state index is 13.2. The number of alkyl halides is 3. The van der Waals surface area contributed by atoms with Gasteiger partial charge in [0, 0.05) is 24.9 Å². The molecular formula is C22H21F3N2O3. The summed E-state index contributed by atoms with van der Waals surface area (Å²) in [6.45, 7) is 3.55. The van der Waals surface area contributed by atoms with Gasteiger partial charge in [0.05, 0.1) is 17.2 Å². The number of hydrogen-bond donors (Lipinski definition) is 0. The van der Waals surface area contributed by atoms with Crippen molar-refractivity contribution in [1.82, 2.24) is 4.90 Å². The molecule has 0 aliphatic heterocycles. The van der Waals surface area contributed by atoms with Gasteiger partial charge in [-0.15, -0.1) is 0 Å². The number of carbonyl (C=O) groups excluding carboxylic acids is 2. The highest BCUT2D eigenvalue weighted by Gasteiger charge is 2.39. The number of amides is 1. The monoisotopic (exact) mass is 418 g/mol. The molecule has 158 valence electrons. The summed E-state index contributed by atoms with van der Waals surface area (Å²) in [6, 6.07) is 7.89. The maximum absolute atomic E-state index is 13.2. The molecule has 1 heterocycles. The van der Waals surface area contributed by atoms with Crippen molar-refractivity contribution in [3.63, 3.8) is 0 Å². The van der Waals surface area contributed by atoms with Crippen LogP contribution in [-0.2, 0) is 13.0 Å². The lowest BCUT2D eigenvalue weighted by Crippen LogP contribution is -2.38. The van der Waals surface area contributed by atoms with Crippen LogP contribution in [0.4, 0.5) is 13.2 Å². The largest absolute Gasteiger partial charge is 0.455 e. The second-order valence-corrected chi connectivity index (χ2v) is 8.38. The van der Waals surface area contributed by atoms with Crippen LogP contribution in [0.25, 0.3) is 0 Å². The van der Waals surface area contributed by atoms with Crippen molar-refractivity contribution in [2.24, 2.45) is 5.41 Å². The summed E-state index contributed by atoms with van der Waals surface area (Å²) in [4.78, 5) is 26.2. The van der Waals surface area contributed by atoms with Crippen LogP contribution in [0.1, 0.15) is 63.6 Å². The number of hydrogen-bond acceptors (Lipinski definition) is 4. The zero-order valence-corrected chi connectivity index (χ0v) is 16.9. The molecule has 1 aliphatic rings. The highest BCUT2D eigenvalue weighted by molar-refractivity contribution is 6.03. The molecule has 0 bridgehead atoms. The molecule has 0 radical (unpaired) electrons. The van der Waals surface area contributed by atoms with Crippen LogP contribution >= 0.6 is 0 Å². The molecule has 3 rings (SSSR count). The Morgan fingerprint density at radius 2 is 1.87 bits per heavy atom. The van der Waals surface area contributed by atoms with Crippen molar-refractivity contribution in [1.29, 1.82) is 5.26 Å². The lowest BCUT2D eigenvalue weighted by Gasteiger charge is -2.27. The molecule has 1 aromatic heterocycles. The van der Waals surface area contributed by atoms with Crippen LogP contribution in [-0.4, -0.2) is 29.3 Å². The zero-order valence-electron chi connectivity index (χ0n) is 16.9. The van der Waals surface area contributed by atoms with Crippen LogP contribution in [0.5, 0.6) is 0 Å². The summed E-state index contributed by atoms with van der Waals surface area (Å²) in [5.41, 5.74) is 1.05. The molecule has 0 spiro atoms. The Morgan fingerprint density at radius 1 is 1.23 bits per heavy atom. The molecule has 1 amide bonds. The standard InChI is InChI=1S/C22H21F3N2O3/c1-13-18-16(28)8-21(2,3)9-17(18)30-19(13)20(29)27(12-22(23,24)25)11-15-6-4-14(10-26)5-7-15/h4-7H,8-9,11-12H2,1-3H3. The van der Waals surface area contributed by atoms with Crippen LogP contribution in [0.15, 0.2) is 28.7 Å². The van der Waals surface area contributed by atoms with Crippen molar-refractivity contribution >= 4 is 11.7 Å². The van der Waals surface area contributed by atoms with E-state index in [2.05, 4.69) is 0 Å².